The van der Waals surface area contributed by atoms with Gasteiger partial charge in [-0.2, -0.15) is 0 Å². The Bertz CT molecular complexity index is 609. The van der Waals surface area contributed by atoms with Crippen molar-refractivity contribution in [1.29, 1.82) is 0 Å². The number of amides is 1. The number of fused-ring (bicyclic) bond motifs is 1. The van der Waals surface area contributed by atoms with Crippen molar-refractivity contribution < 1.29 is 23.5 Å². The molecule has 0 atom stereocenters. The number of halogens is 1. The van der Waals surface area contributed by atoms with E-state index in [0.29, 0.717) is 0 Å². The summed E-state index contributed by atoms with van der Waals surface area (Å²) in [5.41, 5.74) is 0.384. The van der Waals surface area contributed by atoms with Crippen molar-refractivity contribution in [3.8, 4) is 0 Å². The second kappa shape index (κ2) is 5.64. The molecule has 0 aliphatic carbocycles. The zero-order valence-electron chi connectivity index (χ0n) is 10.8. The number of anilines is 1. The van der Waals surface area contributed by atoms with E-state index in [1.54, 1.807) is 6.92 Å². The lowest BCUT2D eigenvalue weighted by Crippen LogP contribution is -2.29. The summed E-state index contributed by atoms with van der Waals surface area (Å²) >= 11 is 0. The van der Waals surface area contributed by atoms with Gasteiger partial charge in [-0.3, -0.25) is 9.59 Å². The van der Waals surface area contributed by atoms with E-state index in [-0.39, 0.29) is 24.4 Å². The van der Waals surface area contributed by atoms with E-state index in [4.69, 9.17) is 0 Å². The first-order valence-electron chi connectivity index (χ1n) is 6.03. The number of rotatable bonds is 4. The molecule has 1 aliphatic rings. The molecule has 20 heavy (non-hydrogen) atoms. The molecule has 1 aliphatic heterocycles. The summed E-state index contributed by atoms with van der Waals surface area (Å²) < 4.78 is 17.9. The van der Waals surface area contributed by atoms with Gasteiger partial charge in [0.25, 0.3) is 11.7 Å². The van der Waals surface area contributed by atoms with E-state index >= 15 is 0 Å². The van der Waals surface area contributed by atoms with Gasteiger partial charge in [0.2, 0.25) is 0 Å². The average molecular weight is 277 g/mol. The number of hydrogen-bond acceptors (Lipinski definition) is 4. The minimum Gasteiger partial charge on any atom is -0.463 e. The molecule has 0 aromatic heterocycles. The third kappa shape index (κ3) is 2.59. The second-order valence-electron chi connectivity index (χ2n) is 4.06. The lowest BCUT2D eigenvalue weighted by molar-refractivity contribution is -0.137. The van der Waals surface area contributed by atoms with Gasteiger partial charge in [0.1, 0.15) is 5.82 Å². The van der Waals surface area contributed by atoms with Crippen LogP contribution in [0.3, 0.4) is 0 Å². The van der Waals surface area contributed by atoms with Crippen molar-refractivity contribution in [2.45, 2.75) is 6.92 Å². The fraction of sp³-hybridized carbons (Fsp3) is 0.214. The predicted molar refractivity (Wildman–Crippen MR) is 68.9 cm³/mol. The summed E-state index contributed by atoms with van der Waals surface area (Å²) in [4.78, 5) is 35.7. The summed E-state index contributed by atoms with van der Waals surface area (Å²) in [6, 6.07) is 3.53. The predicted octanol–water partition coefficient (Wildman–Crippen LogP) is 1.47. The van der Waals surface area contributed by atoms with Crippen molar-refractivity contribution in [2.75, 3.05) is 18.1 Å². The van der Waals surface area contributed by atoms with Crippen LogP contribution in [0.5, 0.6) is 0 Å². The van der Waals surface area contributed by atoms with E-state index in [1.807, 2.05) is 0 Å². The molecule has 104 valence electrons. The lowest BCUT2D eigenvalue weighted by atomic mass is 10.1. The summed E-state index contributed by atoms with van der Waals surface area (Å²) in [7, 11) is 0. The van der Waals surface area contributed by atoms with E-state index in [0.717, 1.165) is 17.0 Å². The highest BCUT2D eigenvalue weighted by Gasteiger charge is 2.35. The molecule has 0 fully saturated rings. The molecule has 1 heterocycles. The average Bonchev–Trinajstić information content (AvgIpc) is 2.63. The largest absolute Gasteiger partial charge is 0.463 e. The molecular weight excluding hydrogens is 265 g/mol. The summed E-state index contributed by atoms with van der Waals surface area (Å²) in [6.07, 6.45) is 2.56. The summed E-state index contributed by atoms with van der Waals surface area (Å²) in [6.45, 7) is 1.92. The number of ether oxygens (including phenoxy) is 1. The Hall–Kier alpha value is -2.50. The number of carbonyl (C=O) groups excluding carboxylic acids is 3. The monoisotopic (exact) mass is 277 g/mol. The van der Waals surface area contributed by atoms with Crippen molar-refractivity contribution in [2.24, 2.45) is 0 Å². The maximum Gasteiger partial charge on any atom is 0.330 e. The molecule has 0 saturated carbocycles. The van der Waals surface area contributed by atoms with Gasteiger partial charge < -0.3 is 9.64 Å². The molecule has 0 bridgehead atoms. The number of hydrogen-bond donors (Lipinski definition) is 0. The van der Waals surface area contributed by atoms with Gasteiger partial charge in [-0.05, 0) is 25.1 Å². The Morgan fingerprint density at radius 1 is 1.40 bits per heavy atom. The molecule has 1 aromatic rings. The van der Waals surface area contributed by atoms with Gasteiger partial charge >= 0.3 is 5.97 Å². The molecule has 1 amide bonds. The topological polar surface area (TPSA) is 63.7 Å². The maximum absolute atomic E-state index is 13.2. The highest BCUT2D eigenvalue weighted by Crippen LogP contribution is 2.29. The van der Waals surface area contributed by atoms with Gasteiger partial charge in [0.05, 0.1) is 17.9 Å². The molecule has 0 N–H and O–H groups in total. The van der Waals surface area contributed by atoms with E-state index in [2.05, 4.69) is 4.74 Å². The number of Topliss-reactive ketones (excluding diaryl/α,β-unsaturated/α-hetero) is 1. The highest BCUT2D eigenvalue weighted by molar-refractivity contribution is 6.52. The Kier molecular flexibility index (Phi) is 3.93. The van der Waals surface area contributed by atoms with Gasteiger partial charge in [-0.1, -0.05) is 6.08 Å². The standard InChI is InChI=1S/C14H12FNO4/c1-2-20-12(17)4-3-7-16-11-8-9(15)5-6-10(11)13(18)14(16)19/h3-6,8H,2,7H2,1H3/b4-3+. The highest BCUT2D eigenvalue weighted by atomic mass is 19.1. The smallest absolute Gasteiger partial charge is 0.330 e. The van der Waals surface area contributed by atoms with Crippen LogP contribution in [-0.2, 0) is 14.3 Å². The van der Waals surface area contributed by atoms with Crippen LogP contribution in [-0.4, -0.2) is 30.8 Å². The number of nitrogens with zero attached hydrogens (tertiary/aromatic N) is 1. The molecule has 5 nitrogen and oxygen atoms in total. The van der Waals surface area contributed by atoms with Crippen LogP contribution in [0.25, 0.3) is 0 Å². The second-order valence-corrected chi connectivity index (χ2v) is 4.06. The quantitative estimate of drug-likeness (QED) is 0.475. The Morgan fingerprint density at radius 3 is 2.85 bits per heavy atom. The van der Waals surface area contributed by atoms with Crippen LogP contribution in [0, 0.1) is 5.82 Å². The molecule has 6 heteroatoms. The Labute approximate surface area is 114 Å². The minimum atomic E-state index is -0.737. The Balaban J connectivity index is 2.17. The van der Waals surface area contributed by atoms with Crippen LogP contribution in [0.2, 0.25) is 0 Å². The zero-order valence-corrected chi connectivity index (χ0v) is 10.8. The van der Waals surface area contributed by atoms with E-state index < -0.39 is 23.5 Å². The van der Waals surface area contributed by atoms with Crippen molar-refractivity contribution in [3.63, 3.8) is 0 Å². The molecule has 0 radical (unpaired) electrons. The molecule has 0 spiro atoms. The molecular formula is C14H12FNO4. The zero-order chi connectivity index (χ0) is 14.7. The van der Waals surface area contributed by atoms with Crippen LogP contribution >= 0.6 is 0 Å². The first kappa shape index (κ1) is 13.9. The van der Waals surface area contributed by atoms with Crippen molar-refractivity contribution in [1.82, 2.24) is 0 Å². The van der Waals surface area contributed by atoms with Crippen LogP contribution in [0.1, 0.15) is 17.3 Å². The molecule has 0 saturated heterocycles. The first-order valence-corrected chi connectivity index (χ1v) is 6.03. The van der Waals surface area contributed by atoms with Gasteiger partial charge in [0.15, 0.2) is 0 Å². The Morgan fingerprint density at radius 2 is 2.15 bits per heavy atom. The van der Waals surface area contributed by atoms with Crippen molar-refractivity contribution >= 4 is 23.3 Å². The van der Waals surface area contributed by atoms with Crippen LogP contribution < -0.4 is 4.90 Å². The molecule has 2 rings (SSSR count). The molecule has 0 unspecified atom stereocenters. The summed E-state index contributed by atoms with van der Waals surface area (Å²) in [5.74, 6) is -2.49. The number of benzene rings is 1. The van der Waals surface area contributed by atoms with Crippen LogP contribution in [0.15, 0.2) is 30.4 Å². The fourth-order valence-electron chi connectivity index (χ4n) is 1.89. The van der Waals surface area contributed by atoms with E-state index in [9.17, 15) is 18.8 Å². The number of ketones is 1. The van der Waals surface area contributed by atoms with Gasteiger partial charge in [-0.15, -0.1) is 0 Å². The van der Waals surface area contributed by atoms with E-state index in [1.165, 1.54) is 18.2 Å². The maximum atomic E-state index is 13.2. The van der Waals surface area contributed by atoms with Crippen molar-refractivity contribution in [3.05, 3.63) is 41.7 Å². The normalized spacial score (nSPS) is 14.0. The number of esters is 1. The third-order valence-electron chi connectivity index (χ3n) is 2.76. The summed E-state index contributed by atoms with van der Waals surface area (Å²) in [5, 5.41) is 0. The van der Waals surface area contributed by atoms with Gasteiger partial charge in [0, 0.05) is 12.6 Å². The fourth-order valence-corrected chi connectivity index (χ4v) is 1.89. The first-order chi connectivity index (χ1) is 9.54. The van der Waals surface area contributed by atoms with Gasteiger partial charge in [-0.25, -0.2) is 9.18 Å². The lowest BCUT2D eigenvalue weighted by Gasteiger charge is -2.13. The SMILES string of the molecule is CCOC(=O)/C=C/CN1C(=O)C(=O)c2ccc(F)cc21. The minimum absolute atomic E-state index is 0.000158. The van der Waals surface area contributed by atoms with Crippen LogP contribution in [0.4, 0.5) is 10.1 Å². The third-order valence-corrected chi connectivity index (χ3v) is 2.76. The number of carbonyl (C=O) groups is 3. The molecule has 1 aromatic carbocycles.